The zero-order valence-corrected chi connectivity index (χ0v) is 11.7. The molecule has 0 amide bonds. The first-order valence-corrected chi connectivity index (χ1v) is 6.89. The maximum absolute atomic E-state index is 12.3. The van der Waals surface area contributed by atoms with E-state index in [4.69, 9.17) is 4.74 Å². The Bertz CT molecular complexity index is 371. The molecule has 0 saturated carbocycles. The first kappa shape index (κ1) is 14.7. The van der Waals surface area contributed by atoms with E-state index < -0.39 is 0 Å². The molecule has 0 aliphatic rings. The molecular weight excluding hydrogens is 224 g/mol. The van der Waals surface area contributed by atoms with Gasteiger partial charge in [0.25, 0.3) is 0 Å². The number of unbranched alkanes of at least 4 members (excludes halogenated alkanes) is 1. The van der Waals surface area contributed by atoms with Crippen molar-refractivity contribution in [2.75, 3.05) is 7.11 Å². The molecule has 100 valence electrons. The average Bonchev–Trinajstić information content (AvgIpc) is 2.43. The fraction of sp³-hybridized carbons (Fsp3) is 0.562. The van der Waals surface area contributed by atoms with Crippen molar-refractivity contribution in [3.8, 4) is 5.75 Å². The van der Waals surface area contributed by atoms with E-state index in [1.807, 2.05) is 24.3 Å². The number of carbonyl (C=O) groups is 1. The highest BCUT2D eigenvalue weighted by atomic mass is 16.5. The Kier molecular flexibility index (Phi) is 6.48. The highest BCUT2D eigenvalue weighted by molar-refractivity contribution is 5.98. The molecule has 0 bridgehead atoms. The van der Waals surface area contributed by atoms with Crippen LogP contribution < -0.4 is 4.74 Å². The molecule has 0 aromatic heterocycles. The Morgan fingerprint density at radius 1 is 1.28 bits per heavy atom. The number of ether oxygens (including phenoxy) is 1. The summed E-state index contributed by atoms with van der Waals surface area (Å²) in [6.45, 7) is 4.35. The summed E-state index contributed by atoms with van der Waals surface area (Å²) in [5, 5.41) is 0. The van der Waals surface area contributed by atoms with E-state index in [-0.39, 0.29) is 5.78 Å². The van der Waals surface area contributed by atoms with Gasteiger partial charge in [0.15, 0.2) is 5.78 Å². The lowest BCUT2D eigenvalue weighted by molar-refractivity contribution is 0.0954. The van der Waals surface area contributed by atoms with Gasteiger partial charge in [0.05, 0.1) is 12.7 Å². The number of Topliss-reactive ketones (excluding diaryl/α,β-unsaturated/α-hetero) is 1. The Morgan fingerprint density at radius 3 is 2.61 bits per heavy atom. The summed E-state index contributed by atoms with van der Waals surface area (Å²) in [5.74, 6) is 1.39. The van der Waals surface area contributed by atoms with Crippen molar-refractivity contribution in [3.63, 3.8) is 0 Å². The van der Waals surface area contributed by atoms with Gasteiger partial charge in [0.2, 0.25) is 0 Å². The standard InChI is InChI=1S/C16H24O2/c1-4-6-9-13(5-2)12-15(17)14-10-7-8-11-16(14)18-3/h7-8,10-11,13H,4-6,9,12H2,1-3H3. The van der Waals surface area contributed by atoms with Crippen LogP contribution >= 0.6 is 0 Å². The van der Waals surface area contributed by atoms with Crippen molar-refractivity contribution in [2.24, 2.45) is 5.92 Å². The Labute approximate surface area is 110 Å². The van der Waals surface area contributed by atoms with Gasteiger partial charge in [-0.25, -0.2) is 0 Å². The van der Waals surface area contributed by atoms with E-state index in [0.717, 1.165) is 18.4 Å². The molecule has 2 nitrogen and oxygen atoms in total. The van der Waals surface area contributed by atoms with Gasteiger partial charge in [0.1, 0.15) is 5.75 Å². The fourth-order valence-electron chi connectivity index (χ4n) is 2.19. The minimum absolute atomic E-state index is 0.204. The summed E-state index contributed by atoms with van der Waals surface area (Å²) < 4.78 is 5.24. The van der Waals surface area contributed by atoms with Crippen LogP contribution in [0, 0.1) is 5.92 Å². The van der Waals surface area contributed by atoms with Gasteiger partial charge in [0, 0.05) is 6.42 Å². The van der Waals surface area contributed by atoms with E-state index in [2.05, 4.69) is 13.8 Å². The van der Waals surface area contributed by atoms with Gasteiger partial charge in [-0.3, -0.25) is 4.79 Å². The molecule has 0 radical (unpaired) electrons. The summed E-state index contributed by atoms with van der Waals surface area (Å²) >= 11 is 0. The molecule has 1 rings (SSSR count). The third kappa shape index (κ3) is 4.17. The Balaban J connectivity index is 2.68. The van der Waals surface area contributed by atoms with Crippen LogP contribution in [0.15, 0.2) is 24.3 Å². The number of ketones is 1. The number of carbonyl (C=O) groups excluding carboxylic acids is 1. The molecule has 0 saturated heterocycles. The lowest BCUT2D eigenvalue weighted by atomic mass is 9.91. The quantitative estimate of drug-likeness (QED) is 0.634. The number of benzene rings is 1. The summed E-state index contributed by atoms with van der Waals surface area (Å²) in [6, 6.07) is 7.49. The van der Waals surface area contributed by atoms with E-state index in [9.17, 15) is 4.79 Å². The molecule has 0 aliphatic carbocycles. The molecule has 1 aromatic rings. The molecule has 0 aliphatic heterocycles. The number of methoxy groups -OCH3 is 1. The molecular formula is C16H24O2. The van der Waals surface area contributed by atoms with Gasteiger partial charge < -0.3 is 4.74 Å². The molecule has 18 heavy (non-hydrogen) atoms. The number of hydrogen-bond donors (Lipinski definition) is 0. The van der Waals surface area contributed by atoms with Gasteiger partial charge >= 0.3 is 0 Å². The molecule has 0 spiro atoms. The topological polar surface area (TPSA) is 26.3 Å². The largest absolute Gasteiger partial charge is 0.496 e. The normalized spacial score (nSPS) is 12.2. The van der Waals surface area contributed by atoms with Crippen LogP contribution in [0.3, 0.4) is 0 Å². The summed E-state index contributed by atoms with van der Waals surface area (Å²) in [7, 11) is 1.61. The molecule has 1 unspecified atom stereocenters. The second-order valence-electron chi connectivity index (χ2n) is 4.74. The van der Waals surface area contributed by atoms with Crippen molar-refractivity contribution < 1.29 is 9.53 Å². The fourth-order valence-corrected chi connectivity index (χ4v) is 2.19. The first-order chi connectivity index (χ1) is 8.72. The van der Waals surface area contributed by atoms with E-state index in [0.29, 0.717) is 18.1 Å². The molecule has 1 atom stereocenters. The SMILES string of the molecule is CCCCC(CC)CC(=O)c1ccccc1OC. The third-order valence-corrected chi connectivity index (χ3v) is 3.42. The Hall–Kier alpha value is -1.31. The highest BCUT2D eigenvalue weighted by Gasteiger charge is 2.16. The lowest BCUT2D eigenvalue weighted by Gasteiger charge is -2.14. The van der Waals surface area contributed by atoms with Crippen LogP contribution in [-0.4, -0.2) is 12.9 Å². The van der Waals surface area contributed by atoms with Gasteiger partial charge in [-0.2, -0.15) is 0 Å². The van der Waals surface area contributed by atoms with Crippen molar-refractivity contribution >= 4 is 5.78 Å². The molecule has 0 heterocycles. The smallest absolute Gasteiger partial charge is 0.166 e. The predicted octanol–water partition coefficient (Wildman–Crippen LogP) is 4.48. The predicted molar refractivity (Wildman–Crippen MR) is 75.2 cm³/mol. The zero-order valence-electron chi connectivity index (χ0n) is 11.7. The van der Waals surface area contributed by atoms with Crippen LogP contribution in [-0.2, 0) is 0 Å². The van der Waals surface area contributed by atoms with Crippen molar-refractivity contribution in [1.82, 2.24) is 0 Å². The second kappa shape index (κ2) is 7.91. The third-order valence-electron chi connectivity index (χ3n) is 3.42. The highest BCUT2D eigenvalue weighted by Crippen LogP contribution is 2.24. The van der Waals surface area contributed by atoms with Crippen molar-refractivity contribution in [2.45, 2.75) is 46.0 Å². The van der Waals surface area contributed by atoms with E-state index in [1.165, 1.54) is 12.8 Å². The van der Waals surface area contributed by atoms with Crippen LogP contribution in [0.5, 0.6) is 5.75 Å². The number of hydrogen-bond acceptors (Lipinski definition) is 2. The molecule has 0 N–H and O–H groups in total. The monoisotopic (exact) mass is 248 g/mol. The number of rotatable bonds is 8. The van der Waals surface area contributed by atoms with Crippen molar-refractivity contribution in [1.29, 1.82) is 0 Å². The number of para-hydroxylation sites is 1. The molecule has 1 aromatic carbocycles. The molecule has 2 heteroatoms. The second-order valence-corrected chi connectivity index (χ2v) is 4.74. The van der Waals surface area contributed by atoms with Crippen LogP contribution in [0.25, 0.3) is 0 Å². The van der Waals surface area contributed by atoms with E-state index in [1.54, 1.807) is 7.11 Å². The van der Waals surface area contributed by atoms with E-state index >= 15 is 0 Å². The lowest BCUT2D eigenvalue weighted by Crippen LogP contribution is -2.09. The maximum Gasteiger partial charge on any atom is 0.166 e. The van der Waals surface area contributed by atoms with Gasteiger partial charge in [-0.1, -0.05) is 51.7 Å². The maximum atomic E-state index is 12.3. The minimum atomic E-state index is 0.204. The first-order valence-electron chi connectivity index (χ1n) is 6.89. The minimum Gasteiger partial charge on any atom is -0.496 e. The summed E-state index contributed by atoms with van der Waals surface area (Å²) in [6.07, 6.45) is 5.25. The average molecular weight is 248 g/mol. The van der Waals surface area contributed by atoms with Gasteiger partial charge in [-0.05, 0) is 18.1 Å². The van der Waals surface area contributed by atoms with Crippen LogP contribution in [0.4, 0.5) is 0 Å². The zero-order chi connectivity index (χ0) is 13.4. The van der Waals surface area contributed by atoms with Crippen LogP contribution in [0.2, 0.25) is 0 Å². The molecule has 0 fully saturated rings. The van der Waals surface area contributed by atoms with Crippen LogP contribution in [0.1, 0.15) is 56.3 Å². The van der Waals surface area contributed by atoms with Gasteiger partial charge in [-0.15, -0.1) is 0 Å². The summed E-state index contributed by atoms with van der Waals surface area (Å²) in [4.78, 5) is 12.3. The Morgan fingerprint density at radius 2 is 2.00 bits per heavy atom. The summed E-state index contributed by atoms with van der Waals surface area (Å²) in [5.41, 5.74) is 0.718. The van der Waals surface area contributed by atoms with Crippen molar-refractivity contribution in [3.05, 3.63) is 29.8 Å².